The lowest BCUT2D eigenvalue weighted by Crippen LogP contribution is -2.48. The maximum Gasteiger partial charge on any atom is 0.352 e. The Morgan fingerprint density at radius 1 is 1.00 bits per heavy atom. The van der Waals surface area contributed by atoms with E-state index < -0.39 is 17.3 Å². The number of thiazole rings is 1. The van der Waals surface area contributed by atoms with Gasteiger partial charge >= 0.3 is 11.1 Å². The van der Waals surface area contributed by atoms with E-state index in [0.29, 0.717) is 120 Å². The van der Waals surface area contributed by atoms with Crippen molar-refractivity contribution in [3.63, 3.8) is 0 Å². The number of hydrogen-bond acceptors (Lipinski definition) is 14. The maximum absolute atomic E-state index is 15.1. The molecule has 1 saturated heterocycles. The van der Waals surface area contributed by atoms with Crippen molar-refractivity contribution in [1.82, 2.24) is 30.7 Å². The van der Waals surface area contributed by atoms with Crippen LogP contribution in [-0.2, 0) is 23.9 Å². The number of thioether (sulfide) groups is 1. The van der Waals surface area contributed by atoms with Gasteiger partial charge in [-0.25, -0.2) is 19.5 Å². The van der Waals surface area contributed by atoms with Gasteiger partial charge in [0.05, 0.1) is 31.1 Å². The molecule has 0 aliphatic carbocycles. The average Bonchev–Trinajstić information content (AvgIpc) is 3.94. The molecule has 4 heterocycles. The number of carbonyl (C=O) groups excluding carboxylic acids is 3. The molecule has 3 amide bonds. The van der Waals surface area contributed by atoms with Crippen LogP contribution in [0.5, 0.6) is 5.75 Å². The number of benzene rings is 2. The summed E-state index contributed by atoms with van der Waals surface area (Å²) in [7, 11) is 0. The van der Waals surface area contributed by atoms with Gasteiger partial charge in [-0.1, -0.05) is 42.7 Å². The minimum Gasteiger partial charge on any atom is -0.491 e. The predicted octanol–water partition coefficient (Wildman–Crippen LogP) is 3.82. The molecule has 20 heteroatoms. The Balaban J connectivity index is 0.878. The number of rotatable bonds is 22. The van der Waals surface area contributed by atoms with Crippen LogP contribution < -0.4 is 42.5 Å². The van der Waals surface area contributed by atoms with Crippen molar-refractivity contribution in [2.75, 3.05) is 77.5 Å². The van der Waals surface area contributed by atoms with E-state index in [0.717, 1.165) is 39.3 Å². The van der Waals surface area contributed by atoms with Gasteiger partial charge in [-0.2, -0.15) is 0 Å². The molecule has 67 heavy (non-hydrogen) atoms. The first-order valence-corrected chi connectivity index (χ1v) is 24.4. The monoisotopic (exact) mass is 961 g/mol. The van der Waals surface area contributed by atoms with Crippen LogP contribution in [0.25, 0.3) is 10.2 Å². The van der Waals surface area contributed by atoms with Gasteiger partial charge < -0.3 is 51.8 Å². The van der Waals surface area contributed by atoms with Crippen molar-refractivity contribution in [3.05, 3.63) is 87.2 Å². The van der Waals surface area contributed by atoms with Crippen molar-refractivity contribution < 1.29 is 43.1 Å². The third-order valence-corrected chi connectivity index (χ3v) is 13.7. The van der Waals surface area contributed by atoms with E-state index in [1.807, 2.05) is 41.0 Å². The molecule has 1 fully saturated rings. The Kier molecular flexibility index (Phi) is 19.0. The number of nitrogens with one attached hydrogen (secondary N) is 5. The van der Waals surface area contributed by atoms with Crippen molar-refractivity contribution in [2.24, 2.45) is 11.5 Å². The van der Waals surface area contributed by atoms with Crippen LogP contribution in [0.1, 0.15) is 70.8 Å². The number of allylic oxidation sites excluding steroid dienone is 3. The molecule has 1 atom stereocenters. The van der Waals surface area contributed by atoms with Gasteiger partial charge in [0.15, 0.2) is 22.9 Å². The van der Waals surface area contributed by atoms with Crippen molar-refractivity contribution in [1.29, 1.82) is 0 Å². The SMILES string of the molecule is CCC(=O)NCCOCCNC(=O)CCCC(=O)N1CCN(CC#Cc2ccc(OCCCC3=C(C(=O)O)NC(N4CCCC(/C(C)=C(\N)Nc5[nH+]c6ccccc6s5)=C4N)S3)c(F)c2)CC1. The number of carboxylic acids is 1. The van der Waals surface area contributed by atoms with E-state index in [1.165, 1.54) is 17.8 Å². The number of fused-ring (bicyclic) bond motifs is 1. The molecule has 0 spiro atoms. The number of nitrogens with zero attached hydrogens (tertiary/aromatic N) is 3. The maximum atomic E-state index is 15.1. The Labute approximate surface area is 398 Å². The summed E-state index contributed by atoms with van der Waals surface area (Å²) in [6, 6.07) is 12.6. The van der Waals surface area contributed by atoms with Gasteiger partial charge in [0.1, 0.15) is 17.0 Å². The number of carbonyl (C=O) groups is 4. The summed E-state index contributed by atoms with van der Waals surface area (Å²) >= 11 is 2.98. The highest BCUT2D eigenvalue weighted by atomic mass is 32.2. The number of nitrogens with two attached hydrogens (primary N) is 2. The summed E-state index contributed by atoms with van der Waals surface area (Å²) < 4.78 is 27.4. The second-order valence-electron chi connectivity index (χ2n) is 16.2. The number of piperazine rings is 1. The molecule has 3 aromatic rings. The van der Waals surface area contributed by atoms with Gasteiger partial charge in [-0.15, -0.1) is 0 Å². The van der Waals surface area contributed by atoms with E-state index in [-0.39, 0.29) is 42.2 Å². The van der Waals surface area contributed by atoms with Crippen LogP contribution in [0.4, 0.5) is 9.52 Å². The molecule has 2 aromatic carbocycles. The fourth-order valence-electron chi connectivity index (χ4n) is 7.68. The van der Waals surface area contributed by atoms with E-state index in [4.69, 9.17) is 20.9 Å². The van der Waals surface area contributed by atoms with Crippen molar-refractivity contribution in [2.45, 2.75) is 70.7 Å². The first kappa shape index (κ1) is 50.4. The highest BCUT2D eigenvalue weighted by molar-refractivity contribution is 8.03. The summed E-state index contributed by atoms with van der Waals surface area (Å²) in [5, 5.41) is 22.8. The van der Waals surface area contributed by atoms with Gasteiger partial charge in [0.2, 0.25) is 17.7 Å². The summed E-state index contributed by atoms with van der Waals surface area (Å²) in [6.45, 7) is 8.98. The third kappa shape index (κ3) is 14.7. The molecule has 0 saturated carbocycles. The van der Waals surface area contributed by atoms with Crippen molar-refractivity contribution >= 4 is 62.1 Å². The number of halogens is 1. The smallest absolute Gasteiger partial charge is 0.352 e. The number of H-pyrrole nitrogens is 1. The fraction of sp³-hybridized carbons (Fsp3) is 0.468. The lowest BCUT2D eigenvalue weighted by Gasteiger charge is -2.36. The van der Waals surface area contributed by atoms with Crippen LogP contribution in [-0.4, -0.2) is 121 Å². The van der Waals surface area contributed by atoms with Gasteiger partial charge in [0, 0.05) is 86.7 Å². The number of amides is 3. The largest absolute Gasteiger partial charge is 0.491 e. The minimum absolute atomic E-state index is 0.0200. The van der Waals surface area contributed by atoms with Crippen LogP contribution in [0.3, 0.4) is 0 Å². The molecule has 0 bridgehead atoms. The molecule has 10 N–H and O–H groups in total. The number of para-hydroxylation sites is 1. The normalized spacial score (nSPS) is 16.9. The van der Waals surface area contributed by atoms with Gasteiger partial charge in [-0.3, -0.25) is 19.3 Å². The fourth-order valence-corrected chi connectivity index (χ4v) is 9.91. The molecule has 6 rings (SSSR count). The Bertz CT molecular complexity index is 2370. The van der Waals surface area contributed by atoms with Crippen LogP contribution >= 0.6 is 23.1 Å². The third-order valence-electron chi connectivity index (χ3n) is 11.4. The molecule has 3 aliphatic rings. The lowest BCUT2D eigenvalue weighted by molar-refractivity contribution is -0.321. The van der Waals surface area contributed by atoms with Gasteiger partial charge in [0.25, 0.3) is 0 Å². The Hall–Kier alpha value is -6.01. The Morgan fingerprint density at radius 2 is 1.76 bits per heavy atom. The van der Waals surface area contributed by atoms with Crippen molar-refractivity contribution in [3.8, 4) is 17.6 Å². The number of anilines is 1. The number of carboxylic acid groups (broad SMARTS) is 1. The van der Waals surface area contributed by atoms with E-state index in [1.54, 1.807) is 30.4 Å². The molecule has 1 aromatic heterocycles. The Morgan fingerprint density at radius 3 is 2.49 bits per heavy atom. The summed E-state index contributed by atoms with van der Waals surface area (Å²) in [6.07, 6.45) is 3.85. The zero-order chi connectivity index (χ0) is 47.7. The van der Waals surface area contributed by atoms with Gasteiger partial charge in [-0.05, 0) is 80.7 Å². The number of aromatic amines is 1. The average molecular weight is 962 g/mol. The highest BCUT2D eigenvalue weighted by Crippen LogP contribution is 2.39. The quantitative estimate of drug-likeness (QED) is 0.0561. The molecule has 1 unspecified atom stereocenters. The molecule has 360 valence electrons. The molecular weight excluding hydrogens is 900 g/mol. The highest BCUT2D eigenvalue weighted by Gasteiger charge is 2.35. The zero-order valence-corrected chi connectivity index (χ0v) is 39.8. The standard InChI is InChI=1S/C47H61FN10O7S2/c1-3-39(59)51-19-28-64-29-20-52-40(60)15-6-16-41(61)57-25-23-56(24-26-57)21-7-10-32-17-18-36(34(48)30-32)65-27-9-14-38-42(45(62)63)54-47(67-38)58-22-8-11-33(44(58)50)31(2)43(49)55-46-53-35-12-4-5-13-37(35)66-46/h4-5,12-13,17-18,30,47,54H,3,6,8-9,11,14-16,19-29,49-50H2,1-2H3,(H,51,59)(H,52,60)(H,53,55)(H,62,63)/p+1/b43-31+. The molecule has 3 aliphatic heterocycles. The topological polar surface area (TPSA) is 231 Å². The van der Waals surface area contributed by atoms with Crippen LogP contribution in [0, 0.1) is 17.7 Å². The first-order valence-electron chi connectivity index (χ1n) is 22.7. The summed E-state index contributed by atoms with van der Waals surface area (Å²) in [4.78, 5) is 58.3. The number of aromatic nitrogens is 1. The first-order chi connectivity index (χ1) is 32.4. The van der Waals surface area contributed by atoms with Crippen LogP contribution in [0.15, 0.2) is 75.9 Å². The number of aliphatic carboxylic acids is 1. The van der Waals surface area contributed by atoms with E-state index in [2.05, 4.69) is 43.0 Å². The second-order valence-corrected chi connectivity index (χ2v) is 18.4. The number of ether oxygens (including phenoxy) is 2. The molecular formula is C47H62FN10O7S2+. The second kappa shape index (κ2) is 25.2. The predicted molar refractivity (Wildman–Crippen MR) is 257 cm³/mol. The lowest BCUT2D eigenvalue weighted by atomic mass is 9.98. The molecule has 0 radical (unpaired) electrons. The zero-order valence-electron chi connectivity index (χ0n) is 38.1. The van der Waals surface area contributed by atoms with Crippen LogP contribution in [0.2, 0.25) is 0 Å². The molecule has 17 nitrogen and oxygen atoms in total. The van der Waals surface area contributed by atoms with E-state index in [9.17, 15) is 24.3 Å². The van der Waals surface area contributed by atoms with E-state index >= 15 is 4.39 Å². The summed E-state index contributed by atoms with van der Waals surface area (Å²) in [5.41, 5.74) is 16.3. The number of hydrogen-bond donors (Lipinski definition) is 7. The minimum atomic E-state index is -1.06. The summed E-state index contributed by atoms with van der Waals surface area (Å²) in [5.74, 6) is 5.50.